The largest absolute Gasteiger partial charge is 0.437 e. The zero-order valence-electron chi connectivity index (χ0n) is 11.0. The fourth-order valence-electron chi connectivity index (χ4n) is 2.43. The zero-order valence-corrected chi connectivity index (χ0v) is 11.0. The number of aromatic nitrogens is 2. The Morgan fingerprint density at radius 1 is 1.21 bits per heavy atom. The number of aryl methyl sites for hydroxylation is 2. The SMILES string of the molecule is CNCc1cncc(Oc2ccc3c(c2)CCC3)n1. The Morgan fingerprint density at radius 2 is 2.11 bits per heavy atom. The van der Waals surface area contributed by atoms with E-state index in [0.717, 1.165) is 17.9 Å². The summed E-state index contributed by atoms with van der Waals surface area (Å²) in [5, 5.41) is 3.05. The first kappa shape index (κ1) is 12.1. The van der Waals surface area contributed by atoms with Crippen molar-refractivity contribution in [2.75, 3.05) is 7.05 Å². The highest BCUT2D eigenvalue weighted by Crippen LogP contribution is 2.28. The Morgan fingerprint density at radius 3 is 3.00 bits per heavy atom. The van der Waals surface area contributed by atoms with E-state index in [0.29, 0.717) is 12.4 Å². The second kappa shape index (κ2) is 5.36. The monoisotopic (exact) mass is 255 g/mol. The smallest absolute Gasteiger partial charge is 0.238 e. The van der Waals surface area contributed by atoms with Gasteiger partial charge in [-0.3, -0.25) is 4.98 Å². The summed E-state index contributed by atoms with van der Waals surface area (Å²) >= 11 is 0. The summed E-state index contributed by atoms with van der Waals surface area (Å²) in [6, 6.07) is 6.29. The minimum atomic E-state index is 0.547. The van der Waals surface area contributed by atoms with E-state index in [9.17, 15) is 0 Å². The van der Waals surface area contributed by atoms with Crippen LogP contribution in [-0.4, -0.2) is 17.0 Å². The van der Waals surface area contributed by atoms with E-state index in [1.165, 1.54) is 24.0 Å². The summed E-state index contributed by atoms with van der Waals surface area (Å²) in [5.74, 6) is 1.39. The van der Waals surface area contributed by atoms with E-state index in [1.807, 2.05) is 13.1 Å². The second-order valence-electron chi connectivity index (χ2n) is 4.77. The molecule has 0 atom stereocenters. The number of nitrogens with zero attached hydrogens (tertiary/aromatic N) is 2. The number of hydrogen-bond acceptors (Lipinski definition) is 4. The van der Waals surface area contributed by atoms with Crippen molar-refractivity contribution in [3.63, 3.8) is 0 Å². The lowest BCUT2D eigenvalue weighted by molar-refractivity contribution is 0.456. The fourth-order valence-corrected chi connectivity index (χ4v) is 2.43. The van der Waals surface area contributed by atoms with Gasteiger partial charge in [-0.25, -0.2) is 4.98 Å². The minimum absolute atomic E-state index is 0.547. The van der Waals surface area contributed by atoms with Crippen LogP contribution in [0.3, 0.4) is 0 Å². The molecule has 1 aromatic heterocycles. The van der Waals surface area contributed by atoms with Gasteiger partial charge in [0.25, 0.3) is 0 Å². The maximum atomic E-state index is 5.79. The van der Waals surface area contributed by atoms with Crippen LogP contribution >= 0.6 is 0 Å². The Labute approximate surface area is 112 Å². The lowest BCUT2D eigenvalue weighted by Crippen LogP contribution is -2.07. The first-order chi connectivity index (χ1) is 9.35. The molecular formula is C15H17N3O. The first-order valence-electron chi connectivity index (χ1n) is 6.60. The van der Waals surface area contributed by atoms with Crippen LogP contribution in [0.25, 0.3) is 0 Å². The Bertz CT molecular complexity index is 583. The number of nitrogens with one attached hydrogen (secondary N) is 1. The Kier molecular flexibility index (Phi) is 3.42. The maximum absolute atomic E-state index is 5.79. The topological polar surface area (TPSA) is 47.0 Å². The number of rotatable bonds is 4. The van der Waals surface area contributed by atoms with Crippen molar-refractivity contribution in [2.24, 2.45) is 0 Å². The molecule has 3 rings (SSSR count). The average Bonchev–Trinajstić information content (AvgIpc) is 2.87. The molecule has 0 saturated heterocycles. The summed E-state index contributed by atoms with van der Waals surface area (Å²) in [4.78, 5) is 8.55. The molecule has 19 heavy (non-hydrogen) atoms. The van der Waals surface area contributed by atoms with Crippen molar-refractivity contribution in [3.8, 4) is 11.6 Å². The normalized spacial score (nSPS) is 13.3. The van der Waals surface area contributed by atoms with Crippen LogP contribution < -0.4 is 10.1 Å². The van der Waals surface area contributed by atoms with Gasteiger partial charge in [-0.1, -0.05) is 6.07 Å². The van der Waals surface area contributed by atoms with Crippen LogP contribution in [0.1, 0.15) is 23.2 Å². The summed E-state index contributed by atoms with van der Waals surface area (Å²) in [6.07, 6.45) is 6.97. The van der Waals surface area contributed by atoms with Gasteiger partial charge in [-0.15, -0.1) is 0 Å². The fraction of sp³-hybridized carbons (Fsp3) is 0.333. The highest BCUT2D eigenvalue weighted by atomic mass is 16.5. The molecule has 1 N–H and O–H groups in total. The van der Waals surface area contributed by atoms with E-state index in [4.69, 9.17) is 4.74 Å². The molecule has 0 bridgehead atoms. The van der Waals surface area contributed by atoms with Crippen LogP contribution in [0.2, 0.25) is 0 Å². The molecule has 1 aliphatic carbocycles. The molecule has 0 saturated carbocycles. The summed E-state index contributed by atoms with van der Waals surface area (Å²) in [6.45, 7) is 0.689. The molecule has 2 aromatic rings. The van der Waals surface area contributed by atoms with Gasteiger partial charge in [0.15, 0.2) is 0 Å². The molecule has 98 valence electrons. The molecule has 0 spiro atoms. The van der Waals surface area contributed by atoms with Crippen LogP contribution in [0, 0.1) is 0 Å². The van der Waals surface area contributed by atoms with E-state index < -0.39 is 0 Å². The van der Waals surface area contributed by atoms with Crippen molar-refractivity contribution < 1.29 is 4.74 Å². The van der Waals surface area contributed by atoms with Crippen LogP contribution in [0.5, 0.6) is 11.6 Å². The summed E-state index contributed by atoms with van der Waals surface area (Å²) in [7, 11) is 1.88. The Balaban J connectivity index is 1.79. The van der Waals surface area contributed by atoms with Crippen molar-refractivity contribution in [2.45, 2.75) is 25.8 Å². The molecule has 0 radical (unpaired) electrons. The standard InChI is InChI=1S/C15H17N3O/c1-16-8-13-9-17-10-15(18-13)19-14-6-5-11-3-2-4-12(11)7-14/h5-7,9-10,16H,2-4,8H2,1H3. The molecule has 1 heterocycles. The van der Waals surface area contributed by atoms with E-state index >= 15 is 0 Å². The number of ether oxygens (including phenoxy) is 1. The van der Waals surface area contributed by atoms with E-state index in [2.05, 4.69) is 27.4 Å². The molecule has 1 aromatic carbocycles. The van der Waals surface area contributed by atoms with Crippen molar-refractivity contribution in [1.82, 2.24) is 15.3 Å². The zero-order chi connectivity index (χ0) is 13.1. The highest BCUT2D eigenvalue weighted by molar-refractivity contribution is 5.39. The van der Waals surface area contributed by atoms with Gasteiger partial charge >= 0.3 is 0 Å². The third-order valence-corrected chi connectivity index (χ3v) is 3.31. The van der Waals surface area contributed by atoms with Gasteiger partial charge in [0.1, 0.15) is 5.75 Å². The molecule has 0 aliphatic heterocycles. The molecule has 1 aliphatic rings. The molecule has 0 amide bonds. The molecular weight excluding hydrogens is 238 g/mol. The van der Waals surface area contributed by atoms with Gasteiger partial charge in [0.2, 0.25) is 5.88 Å². The minimum Gasteiger partial charge on any atom is -0.437 e. The number of fused-ring (bicyclic) bond motifs is 1. The summed E-state index contributed by atoms with van der Waals surface area (Å²) in [5.41, 5.74) is 3.72. The van der Waals surface area contributed by atoms with Gasteiger partial charge in [0.05, 0.1) is 11.9 Å². The number of benzene rings is 1. The van der Waals surface area contributed by atoms with E-state index in [1.54, 1.807) is 12.4 Å². The van der Waals surface area contributed by atoms with Gasteiger partial charge in [-0.05, 0) is 49.6 Å². The molecule has 4 nitrogen and oxygen atoms in total. The summed E-state index contributed by atoms with van der Waals surface area (Å²) < 4.78 is 5.79. The molecule has 0 fully saturated rings. The van der Waals surface area contributed by atoms with Crippen molar-refractivity contribution >= 4 is 0 Å². The van der Waals surface area contributed by atoms with Gasteiger partial charge in [-0.2, -0.15) is 0 Å². The van der Waals surface area contributed by atoms with Gasteiger partial charge in [0, 0.05) is 12.7 Å². The van der Waals surface area contributed by atoms with Crippen molar-refractivity contribution in [3.05, 3.63) is 47.4 Å². The van der Waals surface area contributed by atoms with Crippen molar-refractivity contribution in [1.29, 1.82) is 0 Å². The highest BCUT2D eigenvalue weighted by Gasteiger charge is 2.11. The maximum Gasteiger partial charge on any atom is 0.238 e. The average molecular weight is 255 g/mol. The lowest BCUT2D eigenvalue weighted by Gasteiger charge is -2.07. The predicted molar refractivity (Wildman–Crippen MR) is 73.3 cm³/mol. The lowest BCUT2D eigenvalue weighted by atomic mass is 10.1. The molecule has 0 unspecified atom stereocenters. The second-order valence-corrected chi connectivity index (χ2v) is 4.77. The van der Waals surface area contributed by atoms with Crippen LogP contribution in [0.15, 0.2) is 30.6 Å². The van der Waals surface area contributed by atoms with Gasteiger partial charge < -0.3 is 10.1 Å². The number of hydrogen-bond donors (Lipinski definition) is 1. The Hall–Kier alpha value is -1.94. The molecule has 4 heteroatoms. The third kappa shape index (κ3) is 2.74. The predicted octanol–water partition coefficient (Wildman–Crippen LogP) is 2.48. The quantitative estimate of drug-likeness (QED) is 0.911. The third-order valence-electron chi connectivity index (χ3n) is 3.31. The van der Waals surface area contributed by atoms with Crippen LogP contribution in [-0.2, 0) is 19.4 Å². The first-order valence-corrected chi connectivity index (χ1v) is 6.60. The van der Waals surface area contributed by atoms with E-state index in [-0.39, 0.29) is 0 Å². The van der Waals surface area contributed by atoms with Crippen LogP contribution in [0.4, 0.5) is 0 Å².